The number of nitrogens with zero attached hydrogens (tertiary/aromatic N) is 2. The van der Waals surface area contributed by atoms with E-state index in [-0.39, 0.29) is 23.2 Å². The third-order valence-corrected chi connectivity index (χ3v) is 8.67. The van der Waals surface area contributed by atoms with Gasteiger partial charge in [0, 0.05) is 29.2 Å². The quantitative estimate of drug-likeness (QED) is 0.195. The van der Waals surface area contributed by atoms with E-state index in [4.69, 9.17) is 4.74 Å². The van der Waals surface area contributed by atoms with Gasteiger partial charge < -0.3 is 10.1 Å². The zero-order valence-electron chi connectivity index (χ0n) is 23.3. The number of nitrogens with one attached hydrogen (secondary N) is 1. The van der Waals surface area contributed by atoms with Crippen LogP contribution in [-0.4, -0.2) is 46.2 Å². The van der Waals surface area contributed by atoms with Crippen molar-refractivity contribution in [3.8, 4) is 0 Å². The molecular weight excluding hydrogens is 538 g/mol. The van der Waals surface area contributed by atoms with Gasteiger partial charge in [0.1, 0.15) is 6.04 Å². The largest absolute Gasteiger partial charge is 0.454 e. The van der Waals surface area contributed by atoms with Gasteiger partial charge in [-0.15, -0.1) is 0 Å². The Balaban J connectivity index is 1.23. The van der Waals surface area contributed by atoms with Crippen LogP contribution in [0.4, 0.5) is 11.4 Å². The van der Waals surface area contributed by atoms with Crippen LogP contribution < -0.4 is 5.32 Å². The molecule has 10 heteroatoms. The van der Waals surface area contributed by atoms with Crippen molar-refractivity contribution in [3.63, 3.8) is 0 Å². The maximum absolute atomic E-state index is 14.1. The van der Waals surface area contributed by atoms with Gasteiger partial charge >= 0.3 is 5.97 Å². The van der Waals surface area contributed by atoms with Crippen LogP contribution in [0.2, 0.25) is 0 Å². The third-order valence-electron chi connectivity index (χ3n) is 8.67. The second-order valence-corrected chi connectivity index (χ2v) is 11.4. The van der Waals surface area contributed by atoms with Crippen LogP contribution in [0, 0.1) is 34.8 Å². The number of carbonyl (C=O) groups excluding carboxylic acids is 4. The summed E-state index contributed by atoms with van der Waals surface area (Å²) < 4.78 is 5.33. The number of aryl methyl sites for hydroxylation is 1. The zero-order valence-corrected chi connectivity index (χ0v) is 23.3. The smallest absolute Gasteiger partial charge is 0.330 e. The number of carbonyl (C=O) groups is 4. The Morgan fingerprint density at radius 1 is 0.905 bits per heavy atom. The van der Waals surface area contributed by atoms with Crippen molar-refractivity contribution in [2.75, 3.05) is 11.9 Å². The predicted octanol–water partition coefficient (Wildman–Crippen LogP) is 4.30. The van der Waals surface area contributed by atoms with E-state index in [1.807, 2.05) is 48.5 Å². The minimum atomic E-state index is -1.21. The number of likely N-dealkylation sites (tertiary alicyclic amines) is 1. The summed E-state index contributed by atoms with van der Waals surface area (Å²) in [6.07, 6.45) is 0. The molecule has 1 aliphatic heterocycles. The van der Waals surface area contributed by atoms with E-state index in [9.17, 15) is 29.3 Å². The number of rotatable bonds is 7. The molecule has 4 aliphatic rings. The standard InChI is InChI=1S/C32H29N3O7/c1-16(2)29(32(39)42-15-24(36)33-18-13-12-17(3)23(14-18)35(40)41)34-30(37)27-25-19-8-4-5-9-20(19)26(28(27)31(34)38)22-11-7-6-10-21(22)25/h4-14,16,25-29H,15H2,1-3H3,(H,33,36)/t25?,26?,27-,28-,29+/m1/s1. The molecule has 1 N–H and O–H groups in total. The first kappa shape index (κ1) is 27.3. The van der Waals surface area contributed by atoms with Crippen molar-refractivity contribution >= 4 is 35.1 Å². The van der Waals surface area contributed by atoms with E-state index in [0.717, 1.165) is 27.2 Å². The Morgan fingerprint density at radius 3 is 1.86 bits per heavy atom. The Morgan fingerprint density at radius 2 is 1.40 bits per heavy atom. The molecule has 0 unspecified atom stereocenters. The van der Waals surface area contributed by atoms with Crippen LogP contribution in [0.1, 0.15) is 53.5 Å². The summed E-state index contributed by atoms with van der Waals surface area (Å²) in [6.45, 7) is 4.34. The highest BCUT2D eigenvalue weighted by atomic mass is 16.6. The molecule has 3 aromatic carbocycles. The fourth-order valence-electron chi connectivity index (χ4n) is 6.95. The Kier molecular flexibility index (Phi) is 6.64. The molecular formula is C32H29N3O7. The van der Waals surface area contributed by atoms with Crippen molar-refractivity contribution in [3.05, 3.63) is 105 Å². The van der Waals surface area contributed by atoms with Crippen LogP contribution >= 0.6 is 0 Å². The molecule has 3 amide bonds. The number of nitro groups is 1. The molecule has 7 rings (SSSR count). The highest BCUT2D eigenvalue weighted by Crippen LogP contribution is 2.61. The number of anilines is 1. The maximum Gasteiger partial charge on any atom is 0.330 e. The second kappa shape index (κ2) is 10.2. The molecule has 1 saturated heterocycles. The van der Waals surface area contributed by atoms with Crippen LogP contribution in [0.25, 0.3) is 0 Å². The normalized spacial score (nSPS) is 22.3. The number of imide groups is 1. The van der Waals surface area contributed by atoms with Crippen molar-refractivity contribution in [1.29, 1.82) is 0 Å². The summed E-state index contributed by atoms with van der Waals surface area (Å²) in [5.74, 6) is -4.74. The number of amides is 3. The van der Waals surface area contributed by atoms with Crippen molar-refractivity contribution in [2.24, 2.45) is 17.8 Å². The van der Waals surface area contributed by atoms with E-state index in [1.54, 1.807) is 20.8 Å². The number of hydrogen-bond donors (Lipinski definition) is 1. The first-order chi connectivity index (χ1) is 20.1. The SMILES string of the molecule is Cc1ccc(NC(=O)COC(=O)[C@H](C(C)C)N2C(=O)[C@@H]3C4c5ccccc5C(c5ccccc54)[C@H]3C2=O)cc1[N+](=O)[O-]. The summed E-state index contributed by atoms with van der Waals surface area (Å²) in [4.78, 5) is 65.8. The first-order valence-corrected chi connectivity index (χ1v) is 13.9. The molecule has 0 spiro atoms. The fraction of sp³-hybridized carbons (Fsp3) is 0.312. The Labute approximate surface area is 241 Å². The van der Waals surface area contributed by atoms with Crippen LogP contribution in [0.5, 0.6) is 0 Å². The average Bonchev–Trinajstić information content (AvgIpc) is 3.23. The van der Waals surface area contributed by atoms with Crippen LogP contribution in [-0.2, 0) is 23.9 Å². The monoisotopic (exact) mass is 567 g/mol. The number of nitro benzene ring substituents is 1. The van der Waals surface area contributed by atoms with Gasteiger partial charge in [-0.25, -0.2) is 4.79 Å². The number of esters is 1. The van der Waals surface area contributed by atoms with E-state index in [2.05, 4.69) is 5.32 Å². The van der Waals surface area contributed by atoms with Crippen molar-refractivity contribution in [2.45, 2.75) is 38.6 Å². The van der Waals surface area contributed by atoms with Crippen molar-refractivity contribution in [1.82, 2.24) is 4.90 Å². The van der Waals surface area contributed by atoms with E-state index in [1.165, 1.54) is 18.2 Å². The molecule has 10 nitrogen and oxygen atoms in total. The molecule has 2 bridgehead atoms. The second-order valence-electron chi connectivity index (χ2n) is 11.4. The lowest BCUT2D eigenvalue weighted by atomic mass is 9.55. The third kappa shape index (κ3) is 4.17. The maximum atomic E-state index is 14.1. The van der Waals surface area contributed by atoms with Gasteiger partial charge in [0.15, 0.2) is 6.61 Å². The lowest BCUT2D eigenvalue weighted by molar-refractivity contribution is -0.385. The number of benzene rings is 3. The van der Waals surface area contributed by atoms with Gasteiger partial charge in [-0.05, 0) is 41.2 Å². The Bertz CT molecular complexity index is 1550. The lowest BCUT2D eigenvalue weighted by Gasteiger charge is -2.45. The van der Waals surface area contributed by atoms with E-state index >= 15 is 0 Å². The predicted molar refractivity (Wildman–Crippen MR) is 151 cm³/mol. The molecule has 0 radical (unpaired) electrons. The molecule has 3 aliphatic carbocycles. The van der Waals surface area contributed by atoms with Crippen LogP contribution in [0.15, 0.2) is 66.7 Å². The minimum Gasteiger partial charge on any atom is -0.454 e. The molecule has 1 fully saturated rings. The summed E-state index contributed by atoms with van der Waals surface area (Å²) in [5.41, 5.74) is 4.57. The van der Waals surface area contributed by atoms with Gasteiger partial charge in [0.05, 0.1) is 16.8 Å². The molecule has 1 heterocycles. The number of hydrogen-bond acceptors (Lipinski definition) is 7. The number of ether oxygens (including phenoxy) is 1. The molecule has 3 atom stereocenters. The lowest BCUT2D eigenvalue weighted by Crippen LogP contribution is -2.49. The van der Waals surface area contributed by atoms with Gasteiger partial charge in [-0.3, -0.25) is 29.4 Å². The summed E-state index contributed by atoms with van der Waals surface area (Å²) in [7, 11) is 0. The molecule has 0 aromatic heterocycles. The summed E-state index contributed by atoms with van der Waals surface area (Å²) >= 11 is 0. The molecule has 214 valence electrons. The zero-order chi connectivity index (χ0) is 29.9. The van der Waals surface area contributed by atoms with Gasteiger partial charge in [0.2, 0.25) is 11.8 Å². The average molecular weight is 568 g/mol. The van der Waals surface area contributed by atoms with Gasteiger partial charge in [0.25, 0.3) is 11.6 Å². The van der Waals surface area contributed by atoms with Gasteiger partial charge in [-0.2, -0.15) is 0 Å². The summed E-state index contributed by atoms with van der Waals surface area (Å²) in [5, 5.41) is 13.7. The van der Waals surface area contributed by atoms with Crippen LogP contribution in [0.3, 0.4) is 0 Å². The topological polar surface area (TPSA) is 136 Å². The fourth-order valence-corrected chi connectivity index (χ4v) is 6.95. The summed E-state index contributed by atoms with van der Waals surface area (Å²) in [6, 6.07) is 18.8. The van der Waals surface area contributed by atoms with Gasteiger partial charge in [-0.1, -0.05) is 68.4 Å². The highest BCUT2D eigenvalue weighted by molar-refractivity contribution is 6.10. The molecule has 0 saturated carbocycles. The molecule has 3 aromatic rings. The molecule has 42 heavy (non-hydrogen) atoms. The van der Waals surface area contributed by atoms with E-state index in [0.29, 0.717) is 5.56 Å². The first-order valence-electron chi connectivity index (χ1n) is 13.9. The van der Waals surface area contributed by atoms with E-state index < -0.39 is 59.0 Å². The van der Waals surface area contributed by atoms with Crippen molar-refractivity contribution < 1.29 is 28.8 Å². The Hall–Kier alpha value is -4.86. The highest BCUT2D eigenvalue weighted by Gasteiger charge is 2.63. The minimum absolute atomic E-state index is 0.157.